The molecule has 0 aliphatic carbocycles. The van der Waals surface area contributed by atoms with Gasteiger partial charge in [-0.2, -0.15) is 5.10 Å². The van der Waals surface area contributed by atoms with Crippen LogP contribution in [0.15, 0.2) is 24.3 Å². The molecular weight excluding hydrogens is 266 g/mol. The maximum absolute atomic E-state index is 11.9. The van der Waals surface area contributed by atoms with Crippen LogP contribution in [0.5, 0.6) is 5.75 Å². The molecule has 1 amide bonds. The van der Waals surface area contributed by atoms with Crippen LogP contribution in [0.1, 0.15) is 28.9 Å². The summed E-state index contributed by atoms with van der Waals surface area (Å²) >= 11 is 0. The molecule has 1 aromatic heterocycles. The zero-order valence-corrected chi connectivity index (χ0v) is 12.7. The van der Waals surface area contributed by atoms with Crippen LogP contribution in [0.4, 0.5) is 0 Å². The molecule has 5 heteroatoms. The molecule has 112 valence electrons. The number of benzene rings is 1. The maximum atomic E-state index is 11.9. The summed E-state index contributed by atoms with van der Waals surface area (Å²) in [5.41, 5.74) is 4.19. The zero-order chi connectivity index (χ0) is 15.2. The van der Waals surface area contributed by atoms with Crippen molar-refractivity contribution in [3.05, 3.63) is 46.8 Å². The second-order valence-corrected chi connectivity index (χ2v) is 5.04. The highest BCUT2D eigenvalue weighted by molar-refractivity contribution is 5.76. The van der Waals surface area contributed by atoms with E-state index in [4.69, 9.17) is 4.74 Å². The topological polar surface area (TPSA) is 67.0 Å². The Morgan fingerprint density at radius 3 is 2.57 bits per heavy atom. The third kappa shape index (κ3) is 4.08. The summed E-state index contributed by atoms with van der Waals surface area (Å²) in [6.07, 6.45) is 1.18. The summed E-state index contributed by atoms with van der Waals surface area (Å²) in [4.78, 5) is 11.9. The number of rotatable bonds is 6. The van der Waals surface area contributed by atoms with Crippen molar-refractivity contribution in [2.24, 2.45) is 0 Å². The Morgan fingerprint density at radius 2 is 2.00 bits per heavy atom. The van der Waals surface area contributed by atoms with E-state index in [9.17, 15) is 4.79 Å². The van der Waals surface area contributed by atoms with Crippen molar-refractivity contribution < 1.29 is 9.53 Å². The highest BCUT2D eigenvalue weighted by Crippen LogP contribution is 2.12. The molecular formula is C16H21N3O2. The number of H-pyrrole nitrogens is 1. The molecule has 1 aromatic carbocycles. The van der Waals surface area contributed by atoms with E-state index in [2.05, 4.69) is 15.5 Å². The molecule has 0 saturated heterocycles. The van der Waals surface area contributed by atoms with Gasteiger partial charge in [-0.05, 0) is 43.5 Å². The first-order valence-electron chi connectivity index (χ1n) is 7.00. The van der Waals surface area contributed by atoms with Crippen molar-refractivity contribution in [2.75, 3.05) is 7.11 Å². The monoisotopic (exact) mass is 287 g/mol. The van der Waals surface area contributed by atoms with Gasteiger partial charge in [0.15, 0.2) is 0 Å². The normalized spacial score (nSPS) is 10.4. The van der Waals surface area contributed by atoms with Gasteiger partial charge < -0.3 is 10.1 Å². The lowest BCUT2D eigenvalue weighted by molar-refractivity contribution is -0.121. The summed E-state index contributed by atoms with van der Waals surface area (Å²) < 4.78 is 5.10. The van der Waals surface area contributed by atoms with Crippen molar-refractivity contribution in [2.45, 2.75) is 33.2 Å². The average molecular weight is 287 g/mol. The van der Waals surface area contributed by atoms with Crippen molar-refractivity contribution in [3.8, 4) is 5.75 Å². The van der Waals surface area contributed by atoms with E-state index >= 15 is 0 Å². The predicted octanol–water partition coefficient (Wildman–Crippen LogP) is 2.28. The van der Waals surface area contributed by atoms with Gasteiger partial charge in [0.2, 0.25) is 5.91 Å². The van der Waals surface area contributed by atoms with E-state index in [-0.39, 0.29) is 5.91 Å². The smallest absolute Gasteiger partial charge is 0.220 e. The Kier molecular flexibility index (Phi) is 4.98. The Bertz CT molecular complexity index is 583. The van der Waals surface area contributed by atoms with E-state index in [1.807, 2.05) is 38.1 Å². The first kappa shape index (κ1) is 15.1. The van der Waals surface area contributed by atoms with Gasteiger partial charge in [-0.25, -0.2) is 0 Å². The summed E-state index contributed by atoms with van der Waals surface area (Å²) in [6.45, 7) is 4.46. The van der Waals surface area contributed by atoms with Gasteiger partial charge in [0.05, 0.1) is 12.8 Å². The molecule has 0 bridgehead atoms. The van der Waals surface area contributed by atoms with Gasteiger partial charge in [-0.15, -0.1) is 0 Å². The zero-order valence-electron chi connectivity index (χ0n) is 12.7. The van der Waals surface area contributed by atoms with Gasteiger partial charge >= 0.3 is 0 Å². The summed E-state index contributed by atoms with van der Waals surface area (Å²) in [5.74, 6) is 0.863. The van der Waals surface area contributed by atoms with Crippen LogP contribution >= 0.6 is 0 Å². The second-order valence-electron chi connectivity index (χ2n) is 5.04. The molecule has 0 fully saturated rings. The number of carbonyl (C=O) groups excluding carboxylic acids is 1. The van der Waals surface area contributed by atoms with Gasteiger partial charge in [-0.3, -0.25) is 9.89 Å². The second kappa shape index (κ2) is 6.92. The molecule has 2 N–H and O–H groups in total. The van der Waals surface area contributed by atoms with Gasteiger partial charge in [0.25, 0.3) is 0 Å². The lowest BCUT2D eigenvalue weighted by Crippen LogP contribution is -2.23. The molecule has 2 aromatic rings. The summed E-state index contributed by atoms with van der Waals surface area (Å²) in [5, 5.41) is 10.00. The predicted molar refractivity (Wildman–Crippen MR) is 81.2 cm³/mol. The minimum absolute atomic E-state index is 0.0471. The Hall–Kier alpha value is -2.30. The molecule has 0 spiro atoms. The number of nitrogens with one attached hydrogen (secondary N) is 2. The third-order valence-corrected chi connectivity index (χ3v) is 3.53. The molecule has 21 heavy (non-hydrogen) atoms. The lowest BCUT2D eigenvalue weighted by atomic mass is 10.1. The fourth-order valence-corrected chi connectivity index (χ4v) is 2.21. The largest absolute Gasteiger partial charge is 0.497 e. The van der Waals surface area contributed by atoms with Gasteiger partial charge in [0, 0.05) is 18.7 Å². The molecule has 2 rings (SSSR count). The van der Waals surface area contributed by atoms with Crippen LogP contribution < -0.4 is 10.1 Å². The van der Waals surface area contributed by atoms with Crippen LogP contribution in [0.3, 0.4) is 0 Å². The van der Waals surface area contributed by atoms with Gasteiger partial charge in [0.1, 0.15) is 5.75 Å². The van der Waals surface area contributed by atoms with Crippen molar-refractivity contribution in [1.29, 1.82) is 0 Å². The number of nitrogens with zero attached hydrogens (tertiary/aromatic N) is 1. The van der Waals surface area contributed by atoms with E-state index in [1.165, 1.54) is 0 Å². The number of ether oxygens (including phenoxy) is 1. The molecule has 0 radical (unpaired) electrons. The van der Waals surface area contributed by atoms with E-state index in [0.717, 1.165) is 28.3 Å². The number of hydrogen-bond acceptors (Lipinski definition) is 3. The Labute approximate surface area is 124 Å². The van der Waals surface area contributed by atoms with Crippen molar-refractivity contribution in [1.82, 2.24) is 15.5 Å². The number of amides is 1. The van der Waals surface area contributed by atoms with Crippen molar-refractivity contribution in [3.63, 3.8) is 0 Å². The average Bonchev–Trinajstić information content (AvgIpc) is 2.82. The number of carbonyl (C=O) groups is 1. The Balaban J connectivity index is 1.79. The maximum Gasteiger partial charge on any atom is 0.220 e. The van der Waals surface area contributed by atoms with E-state index in [1.54, 1.807) is 7.11 Å². The first-order valence-corrected chi connectivity index (χ1v) is 7.00. The fraction of sp³-hybridized carbons (Fsp3) is 0.375. The quantitative estimate of drug-likeness (QED) is 0.856. The minimum atomic E-state index is 0.0471. The molecule has 0 aliphatic rings. The van der Waals surface area contributed by atoms with Crippen LogP contribution in [0.2, 0.25) is 0 Å². The number of aromatic nitrogens is 2. The number of aromatic amines is 1. The van der Waals surface area contributed by atoms with Crippen molar-refractivity contribution >= 4 is 5.91 Å². The standard InChI is InChI=1S/C16H21N3O2/c1-11-15(12(2)19-18-11)8-9-16(20)17-10-13-4-6-14(21-3)7-5-13/h4-7H,8-10H2,1-3H3,(H,17,20)(H,18,19). The highest BCUT2D eigenvalue weighted by atomic mass is 16.5. The highest BCUT2D eigenvalue weighted by Gasteiger charge is 2.09. The van der Waals surface area contributed by atoms with Crippen LogP contribution in [-0.4, -0.2) is 23.2 Å². The SMILES string of the molecule is COc1ccc(CNC(=O)CCc2c(C)n[nH]c2C)cc1. The van der Waals surface area contributed by atoms with Gasteiger partial charge in [-0.1, -0.05) is 12.1 Å². The lowest BCUT2D eigenvalue weighted by Gasteiger charge is -2.06. The molecule has 0 unspecified atom stereocenters. The molecule has 0 saturated carbocycles. The molecule has 1 heterocycles. The van der Waals surface area contributed by atoms with E-state index < -0.39 is 0 Å². The fourth-order valence-electron chi connectivity index (χ4n) is 2.21. The summed E-state index contributed by atoms with van der Waals surface area (Å²) in [6, 6.07) is 7.67. The Morgan fingerprint density at radius 1 is 1.29 bits per heavy atom. The van der Waals surface area contributed by atoms with E-state index in [0.29, 0.717) is 19.4 Å². The van der Waals surface area contributed by atoms with Crippen LogP contribution in [0, 0.1) is 13.8 Å². The first-order chi connectivity index (χ1) is 10.1. The minimum Gasteiger partial charge on any atom is -0.497 e. The summed E-state index contributed by atoms with van der Waals surface area (Å²) in [7, 11) is 1.64. The molecule has 0 aliphatic heterocycles. The number of hydrogen-bond donors (Lipinski definition) is 2. The number of methoxy groups -OCH3 is 1. The third-order valence-electron chi connectivity index (χ3n) is 3.53. The van der Waals surface area contributed by atoms with Crippen LogP contribution in [0.25, 0.3) is 0 Å². The molecule has 5 nitrogen and oxygen atoms in total. The molecule has 0 atom stereocenters. The number of aryl methyl sites for hydroxylation is 2. The van der Waals surface area contributed by atoms with Crippen LogP contribution in [-0.2, 0) is 17.8 Å².